The Morgan fingerprint density at radius 1 is 1.10 bits per heavy atom. The highest BCUT2D eigenvalue weighted by Gasteiger charge is 2.38. The number of esters is 1. The number of aromatic nitrogens is 1. The number of benzene rings is 1. The highest BCUT2D eigenvalue weighted by molar-refractivity contribution is 6.04. The number of nitrogens with zero attached hydrogens (tertiary/aromatic N) is 2. The lowest BCUT2D eigenvalue weighted by Crippen LogP contribution is -2.49. The van der Waals surface area contributed by atoms with Crippen LogP contribution in [0.15, 0.2) is 24.4 Å². The molecule has 1 amide bonds. The Morgan fingerprint density at radius 3 is 2.29 bits per heavy atom. The van der Waals surface area contributed by atoms with Crippen LogP contribution in [0.25, 0.3) is 0 Å². The molecule has 0 saturated heterocycles. The van der Waals surface area contributed by atoms with Gasteiger partial charge in [0.2, 0.25) is 11.8 Å². The van der Waals surface area contributed by atoms with Crippen LogP contribution in [0.5, 0.6) is 11.6 Å². The smallest absolute Gasteiger partial charge is 0.421 e. The number of pyridine rings is 1. The van der Waals surface area contributed by atoms with Gasteiger partial charge in [-0.2, -0.15) is 13.2 Å². The fourth-order valence-corrected chi connectivity index (χ4v) is 4.97. The second-order valence-electron chi connectivity index (χ2n) is 10.2. The Bertz CT molecular complexity index is 1300. The predicted molar refractivity (Wildman–Crippen MR) is 146 cm³/mol. The van der Waals surface area contributed by atoms with Gasteiger partial charge in [-0.15, -0.1) is 12.3 Å². The molecule has 8 nitrogen and oxygen atoms in total. The van der Waals surface area contributed by atoms with Gasteiger partial charge in [-0.05, 0) is 43.2 Å². The summed E-state index contributed by atoms with van der Waals surface area (Å²) in [5.41, 5.74) is -1.62. The molecule has 228 valence electrons. The van der Waals surface area contributed by atoms with Gasteiger partial charge < -0.3 is 23.8 Å². The Hall–Kier alpha value is -3.69. The van der Waals surface area contributed by atoms with Gasteiger partial charge >= 0.3 is 12.1 Å². The first-order valence-corrected chi connectivity index (χ1v) is 13.3. The number of carbonyl (C=O) groups excluding carboxylic acids is 2. The highest BCUT2D eigenvalue weighted by atomic mass is 19.4. The first-order chi connectivity index (χ1) is 19.9. The lowest BCUT2D eigenvalue weighted by molar-refractivity contribution is -0.139. The fourth-order valence-electron chi connectivity index (χ4n) is 4.97. The van der Waals surface area contributed by atoms with Crippen molar-refractivity contribution in [2.45, 2.75) is 51.2 Å². The van der Waals surface area contributed by atoms with Gasteiger partial charge in [-0.25, -0.2) is 14.2 Å². The molecule has 1 aromatic heterocycles. The molecule has 3 rings (SSSR count). The molecule has 0 N–H and O–H groups in total. The van der Waals surface area contributed by atoms with E-state index in [1.54, 1.807) is 0 Å². The molecule has 0 bridgehead atoms. The molecule has 1 saturated carbocycles. The number of hydrogen-bond donors (Lipinski definition) is 0. The maximum absolute atomic E-state index is 15.7. The van der Waals surface area contributed by atoms with E-state index in [1.807, 2.05) is 0 Å². The summed E-state index contributed by atoms with van der Waals surface area (Å²) in [6.07, 6.45) is 4.12. The van der Waals surface area contributed by atoms with Crippen LogP contribution in [0.4, 0.5) is 23.2 Å². The average Bonchev–Trinajstić information content (AvgIpc) is 2.95. The first kappa shape index (κ1) is 32.8. The van der Waals surface area contributed by atoms with E-state index in [9.17, 15) is 22.8 Å². The molecule has 0 spiro atoms. The van der Waals surface area contributed by atoms with E-state index in [0.29, 0.717) is 18.8 Å². The minimum Gasteiger partial charge on any atom is -0.465 e. The van der Waals surface area contributed by atoms with Gasteiger partial charge in [0, 0.05) is 44.9 Å². The molecule has 0 unspecified atom stereocenters. The van der Waals surface area contributed by atoms with Crippen LogP contribution in [-0.4, -0.2) is 57.4 Å². The van der Waals surface area contributed by atoms with Crippen molar-refractivity contribution in [3.8, 4) is 24.0 Å². The Balaban J connectivity index is 2.15. The van der Waals surface area contributed by atoms with Crippen LogP contribution < -0.4 is 9.64 Å². The van der Waals surface area contributed by atoms with E-state index in [2.05, 4.69) is 17.8 Å². The molecular formula is C30H34F4N2O6. The Morgan fingerprint density at radius 2 is 1.74 bits per heavy atom. The zero-order chi connectivity index (χ0) is 31.0. The van der Waals surface area contributed by atoms with Crippen molar-refractivity contribution in [2.75, 3.05) is 39.4 Å². The standard InChI is InChI=1S/C30H34F4N2O6/c1-6-7-19-12-23(30(32,33)34)27(35-15-19)42-26-13-22(29(38)41-5)25(14-24(26)31)36(21(16-39-3)17-40-4)28(37)20-10-8-18(2)9-11-20/h1,12-15,18,20-21H,7-11,16-17H2,2-5H3. The summed E-state index contributed by atoms with van der Waals surface area (Å²) in [6.45, 7) is 2.08. The van der Waals surface area contributed by atoms with Crippen LogP contribution >= 0.6 is 0 Å². The van der Waals surface area contributed by atoms with Crippen molar-refractivity contribution in [3.05, 3.63) is 46.9 Å². The first-order valence-electron chi connectivity index (χ1n) is 13.3. The minimum absolute atomic E-state index is 0.00788. The van der Waals surface area contributed by atoms with Crippen molar-refractivity contribution in [3.63, 3.8) is 0 Å². The summed E-state index contributed by atoms with van der Waals surface area (Å²) in [5.74, 6) is -1.84. The van der Waals surface area contributed by atoms with Gasteiger partial charge in [0.25, 0.3) is 0 Å². The molecule has 0 radical (unpaired) electrons. The van der Waals surface area contributed by atoms with Crippen LogP contribution in [0.3, 0.4) is 0 Å². The number of ether oxygens (including phenoxy) is 4. The van der Waals surface area contributed by atoms with E-state index >= 15 is 4.39 Å². The van der Waals surface area contributed by atoms with Crippen molar-refractivity contribution in [2.24, 2.45) is 11.8 Å². The van der Waals surface area contributed by atoms with Gasteiger partial charge in [0.15, 0.2) is 11.6 Å². The second-order valence-corrected chi connectivity index (χ2v) is 10.2. The molecule has 2 aromatic rings. The van der Waals surface area contributed by atoms with Crippen LogP contribution in [0.1, 0.15) is 54.1 Å². The number of rotatable bonds is 11. The average molecular weight is 595 g/mol. The highest BCUT2D eigenvalue weighted by Crippen LogP contribution is 2.40. The summed E-state index contributed by atoms with van der Waals surface area (Å²) in [7, 11) is 3.93. The van der Waals surface area contributed by atoms with Crippen molar-refractivity contribution in [1.29, 1.82) is 0 Å². The summed E-state index contributed by atoms with van der Waals surface area (Å²) in [6, 6.07) is 1.77. The van der Waals surface area contributed by atoms with E-state index in [4.69, 9.17) is 25.4 Å². The number of terminal acetylenes is 1. The van der Waals surface area contributed by atoms with E-state index in [-0.39, 0.29) is 42.4 Å². The zero-order valence-electron chi connectivity index (χ0n) is 23.9. The van der Waals surface area contributed by atoms with Gasteiger partial charge in [-0.3, -0.25) is 4.79 Å². The monoisotopic (exact) mass is 594 g/mol. The third-order valence-corrected chi connectivity index (χ3v) is 7.13. The number of methoxy groups -OCH3 is 3. The number of hydrogen-bond acceptors (Lipinski definition) is 7. The molecule has 1 aliphatic carbocycles. The maximum atomic E-state index is 15.7. The second kappa shape index (κ2) is 14.5. The summed E-state index contributed by atoms with van der Waals surface area (Å²) in [5, 5.41) is 0. The molecule has 42 heavy (non-hydrogen) atoms. The third-order valence-electron chi connectivity index (χ3n) is 7.13. The molecule has 1 aromatic carbocycles. The summed E-state index contributed by atoms with van der Waals surface area (Å²) in [4.78, 5) is 31.9. The maximum Gasteiger partial charge on any atom is 0.421 e. The van der Waals surface area contributed by atoms with Crippen LogP contribution in [0.2, 0.25) is 0 Å². The largest absolute Gasteiger partial charge is 0.465 e. The lowest BCUT2D eigenvalue weighted by atomic mass is 9.82. The van der Waals surface area contributed by atoms with Gasteiger partial charge in [0.05, 0.1) is 37.6 Å². The van der Waals surface area contributed by atoms with Gasteiger partial charge in [0.1, 0.15) is 5.56 Å². The van der Waals surface area contributed by atoms with Crippen LogP contribution in [0, 0.1) is 30.0 Å². The molecular weight excluding hydrogens is 560 g/mol. The number of amides is 1. The third kappa shape index (κ3) is 7.77. The topological polar surface area (TPSA) is 87.2 Å². The number of halogens is 4. The normalized spacial score (nSPS) is 17.0. The summed E-state index contributed by atoms with van der Waals surface area (Å²) < 4.78 is 77.9. The zero-order valence-corrected chi connectivity index (χ0v) is 23.9. The molecule has 1 fully saturated rings. The van der Waals surface area contributed by atoms with Crippen molar-refractivity contribution >= 4 is 17.6 Å². The SMILES string of the molecule is C#CCc1cnc(Oc2cc(C(=O)OC)c(N(C(=O)C3CCC(C)CC3)C(COC)COC)cc2F)c(C(F)(F)F)c1. The molecule has 0 atom stereocenters. The van der Waals surface area contributed by atoms with Crippen molar-refractivity contribution < 1.29 is 46.1 Å². The molecule has 0 aliphatic heterocycles. The van der Waals surface area contributed by atoms with Gasteiger partial charge in [-0.1, -0.05) is 6.92 Å². The van der Waals surface area contributed by atoms with E-state index in [0.717, 1.165) is 44.3 Å². The van der Waals surface area contributed by atoms with Crippen LogP contribution in [-0.2, 0) is 31.6 Å². The molecule has 1 aliphatic rings. The van der Waals surface area contributed by atoms with E-state index < -0.39 is 47.1 Å². The van der Waals surface area contributed by atoms with Crippen molar-refractivity contribution in [1.82, 2.24) is 4.98 Å². The number of anilines is 1. The summed E-state index contributed by atoms with van der Waals surface area (Å²) >= 11 is 0. The number of alkyl halides is 3. The van der Waals surface area contributed by atoms with E-state index in [1.165, 1.54) is 19.1 Å². The quantitative estimate of drug-likeness (QED) is 0.184. The fraction of sp³-hybridized carbons (Fsp3) is 0.500. The molecule has 1 heterocycles. The predicted octanol–water partition coefficient (Wildman–Crippen LogP) is 5.81. The minimum atomic E-state index is -4.90. The number of carbonyl (C=O) groups is 2. The lowest BCUT2D eigenvalue weighted by Gasteiger charge is -2.36. The molecule has 12 heteroatoms. The Kier molecular flexibility index (Phi) is 11.3. The Labute approximate surface area is 242 Å².